The van der Waals surface area contributed by atoms with Crippen LogP contribution in [0.1, 0.15) is 25.3 Å². The molecule has 0 heterocycles. The van der Waals surface area contributed by atoms with Crippen LogP contribution in [0.3, 0.4) is 0 Å². The molecule has 0 atom stereocenters. The first kappa shape index (κ1) is 18.4. The zero-order valence-electron chi connectivity index (χ0n) is 14.5. The summed E-state index contributed by atoms with van der Waals surface area (Å²) in [6, 6.07) is 7.04. The number of nitrogens with zero attached hydrogens (tertiary/aromatic N) is 2. The Morgan fingerprint density at radius 1 is 1.16 bits per heavy atom. The molecule has 1 aromatic rings. The van der Waals surface area contributed by atoms with Crippen LogP contribution in [0.5, 0.6) is 5.75 Å². The second-order valence-electron chi connectivity index (χ2n) is 5.99. The molecule has 1 aliphatic rings. The Morgan fingerprint density at radius 2 is 1.80 bits per heavy atom. The van der Waals surface area contributed by atoms with Crippen molar-refractivity contribution in [3.05, 3.63) is 29.8 Å². The average molecular weight is 346 g/mol. The highest BCUT2D eigenvalue weighted by Crippen LogP contribution is 2.18. The van der Waals surface area contributed by atoms with Gasteiger partial charge in [-0.15, -0.1) is 0 Å². The lowest BCUT2D eigenvalue weighted by Crippen LogP contribution is -2.39. The number of nitrogens with one attached hydrogen (secondary N) is 2. The maximum absolute atomic E-state index is 11.6. The molecule has 0 radical (unpaired) electrons. The van der Waals surface area contributed by atoms with E-state index in [9.17, 15) is 14.4 Å². The van der Waals surface area contributed by atoms with E-state index in [2.05, 4.69) is 15.8 Å². The third-order valence-corrected chi connectivity index (χ3v) is 3.58. The van der Waals surface area contributed by atoms with Gasteiger partial charge >= 0.3 is 11.8 Å². The van der Waals surface area contributed by atoms with Crippen LogP contribution in [0, 0.1) is 0 Å². The smallest absolute Gasteiger partial charge is 0.329 e. The Bertz CT molecular complexity index is 678. The summed E-state index contributed by atoms with van der Waals surface area (Å²) in [5, 5.41) is 6.51. The molecule has 8 nitrogen and oxygen atoms in total. The second kappa shape index (κ2) is 8.27. The average Bonchev–Trinajstić information content (AvgIpc) is 3.41. The molecule has 134 valence electrons. The van der Waals surface area contributed by atoms with Crippen molar-refractivity contribution >= 4 is 23.4 Å². The van der Waals surface area contributed by atoms with Gasteiger partial charge in [0.05, 0.1) is 5.71 Å². The van der Waals surface area contributed by atoms with Gasteiger partial charge in [-0.1, -0.05) is 0 Å². The standard InChI is InChI=1S/C17H22N4O4/c1-11(19-20-17(24)16(23)18-13-6-7-13)12-4-8-14(9-5-12)25-10-15(22)21(2)3/h4-5,8-9,13H,6-7,10H2,1-3H3,(H,18,23)(H,20,24)/b19-11-. The van der Waals surface area contributed by atoms with E-state index in [4.69, 9.17) is 4.74 Å². The number of amides is 3. The topological polar surface area (TPSA) is 100 Å². The summed E-state index contributed by atoms with van der Waals surface area (Å²) in [5.41, 5.74) is 3.54. The molecule has 1 aromatic carbocycles. The summed E-state index contributed by atoms with van der Waals surface area (Å²) >= 11 is 0. The van der Waals surface area contributed by atoms with Crippen LogP contribution in [0.15, 0.2) is 29.4 Å². The summed E-state index contributed by atoms with van der Waals surface area (Å²) < 4.78 is 5.38. The highest BCUT2D eigenvalue weighted by Gasteiger charge is 2.26. The van der Waals surface area contributed by atoms with Gasteiger partial charge in [-0.3, -0.25) is 14.4 Å². The van der Waals surface area contributed by atoms with Crippen molar-refractivity contribution in [2.75, 3.05) is 20.7 Å². The lowest BCUT2D eigenvalue weighted by Gasteiger charge is -2.11. The maximum atomic E-state index is 11.6. The first-order valence-electron chi connectivity index (χ1n) is 7.95. The van der Waals surface area contributed by atoms with Gasteiger partial charge in [0.2, 0.25) is 0 Å². The zero-order valence-corrected chi connectivity index (χ0v) is 14.5. The van der Waals surface area contributed by atoms with E-state index >= 15 is 0 Å². The fourth-order valence-electron chi connectivity index (χ4n) is 1.80. The number of hydrazone groups is 1. The number of hydrogen-bond acceptors (Lipinski definition) is 5. The summed E-state index contributed by atoms with van der Waals surface area (Å²) in [5.74, 6) is -1.03. The molecule has 0 bridgehead atoms. The van der Waals surface area contributed by atoms with Gasteiger partial charge in [-0.25, -0.2) is 5.43 Å². The Morgan fingerprint density at radius 3 is 2.36 bits per heavy atom. The lowest BCUT2D eigenvalue weighted by molar-refractivity contribution is -0.139. The Hall–Kier alpha value is -2.90. The third-order valence-electron chi connectivity index (χ3n) is 3.58. The summed E-state index contributed by atoms with van der Waals surface area (Å²) in [4.78, 5) is 36.1. The first-order valence-corrected chi connectivity index (χ1v) is 7.95. The highest BCUT2D eigenvalue weighted by molar-refractivity contribution is 6.35. The van der Waals surface area contributed by atoms with E-state index in [0.717, 1.165) is 18.4 Å². The van der Waals surface area contributed by atoms with Gasteiger partial charge in [-0.05, 0) is 49.6 Å². The van der Waals surface area contributed by atoms with Crippen molar-refractivity contribution < 1.29 is 19.1 Å². The predicted octanol–water partition coefficient (Wildman–Crippen LogP) is 0.272. The number of ether oxygens (including phenoxy) is 1. The van der Waals surface area contributed by atoms with E-state index in [0.29, 0.717) is 11.5 Å². The van der Waals surface area contributed by atoms with E-state index in [1.807, 2.05) is 0 Å². The molecule has 0 unspecified atom stereocenters. The SMILES string of the molecule is C/C(=N/NC(=O)C(=O)NC1CC1)c1ccc(OCC(=O)N(C)C)cc1. The number of hydrogen-bond donors (Lipinski definition) is 2. The Kier molecular flexibility index (Phi) is 6.10. The number of likely N-dealkylation sites (N-methyl/N-ethyl adjacent to an activating group) is 1. The van der Waals surface area contributed by atoms with Crippen LogP contribution in [0.2, 0.25) is 0 Å². The Labute approximate surface area is 146 Å². The molecule has 3 amide bonds. The van der Waals surface area contributed by atoms with Crippen molar-refractivity contribution in [2.45, 2.75) is 25.8 Å². The molecule has 1 saturated carbocycles. The summed E-state index contributed by atoms with van der Waals surface area (Å²) in [6.07, 6.45) is 1.83. The molecule has 0 saturated heterocycles. The monoisotopic (exact) mass is 346 g/mol. The van der Waals surface area contributed by atoms with Crippen molar-refractivity contribution in [3.63, 3.8) is 0 Å². The quantitative estimate of drug-likeness (QED) is 0.439. The van der Waals surface area contributed by atoms with E-state index in [1.165, 1.54) is 4.90 Å². The minimum Gasteiger partial charge on any atom is -0.484 e. The molecule has 1 fully saturated rings. The van der Waals surface area contributed by atoms with Gasteiger partial charge in [0, 0.05) is 20.1 Å². The molecular formula is C17H22N4O4. The van der Waals surface area contributed by atoms with Crippen LogP contribution in [-0.4, -0.2) is 55.1 Å². The lowest BCUT2D eigenvalue weighted by atomic mass is 10.1. The minimum atomic E-state index is -0.784. The van der Waals surface area contributed by atoms with Crippen molar-refractivity contribution in [1.82, 2.24) is 15.6 Å². The van der Waals surface area contributed by atoms with Gasteiger partial charge < -0.3 is 15.0 Å². The molecule has 0 aliphatic heterocycles. The maximum Gasteiger partial charge on any atom is 0.329 e. The third kappa shape index (κ3) is 5.91. The first-order chi connectivity index (χ1) is 11.9. The molecule has 2 N–H and O–H groups in total. The highest BCUT2D eigenvalue weighted by atomic mass is 16.5. The predicted molar refractivity (Wildman–Crippen MR) is 92.1 cm³/mol. The summed E-state index contributed by atoms with van der Waals surface area (Å²) in [6.45, 7) is 1.68. The van der Waals surface area contributed by atoms with Gasteiger partial charge in [0.25, 0.3) is 5.91 Å². The van der Waals surface area contributed by atoms with Gasteiger partial charge in [-0.2, -0.15) is 5.10 Å². The molecule has 25 heavy (non-hydrogen) atoms. The molecule has 0 aromatic heterocycles. The minimum absolute atomic E-state index is 0.0361. The van der Waals surface area contributed by atoms with E-state index < -0.39 is 11.8 Å². The van der Waals surface area contributed by atoms with Crippen molar-refractivity contribution in [1.29, 1.82) is 0 Å². The fourth-order valence-corrected chi connectivity index (χ4v) is 1.80. The normalized spacial score (nSPS) is 13.8. The van der Waals surface area contributed by atoms with Crippen LogP contribution in [0.25, 0.3) is 0 Å². The molecule has 8 heteroatoms. The van der Waals surface area contributed by atoms with Crippen LogP contribution in [0.4, 0.5) is 0 Å². The van der Waals surface area contributed by atoms with Gasteiger partial charge in [0.1, 0.15) is 5.75 Å². The van der Waals surface area contributed by atoms with E-state index in [-0.39, 0.29) is 18.6 Å². The summed E-state index contributed by atoms with van der Waals surface area (Å²) in [7, 11) is 3.32. The number of carbonyl (C=O) groups excluding carboxylic acids is 3. The van der Waals surface area contributed by atoms with Crippen molar-refractivity contribution in [2.24, 2.45) is 5.10 Å². The molecule has 0 spiro atoms. The van der Waals surface area contributed by atoms with Crippen LogP contribution < -0.4 is 15.5 Å². The Balaban J connectivity index is 1.86. The molecule has 2 rings (SSSR count). The molecular weight excluding hydrogens is 324 g/mol. The number of rotatable bonds is 6. The van der Waals surface area contributed by atoms with Crippen molar-refractivity contribution in [3.8, 4) is 5.75 Å². The number of carbonyl (C=O) groups is 3. The molecule has 1 aliphatic carbocycles. The number of benzene rings is 1. The van der Waals surface area contributed by atoms with E-state index in [1.54, 1.807) is 45.3 Å². The fraction of sp³-hybridized carbons (Fsp3) is 0.412. The van der Waals surface area contributed by atoms with Gasteiger partial charge in [0.15, 0.2) is 6.61 Å². The van der Waals surface area contributed by atoms with Crippen LogP contribution in [-0.2, 0) is 14.4 Å². The largest absolute Gasteiger partial charge is 0.484 e. The second-order valence-corrected chi connectivity index (χ2v) is 5.99. The van der Waals surface area contributed by atoms with Crippen LogP contribution >= 0.6 is 0 Å². The zero-order chi connectivity index (χ0) is 18.4.